The van der Waals surface area contributed by atoms with Crippen molar-refractivity contribution in [2.45, 2.75) is 13.8 Å². The fourth-order valence-corrected chi connectivity index (χ4v) is 3.25. The lowest BCUT2D eigenvalue weighted by molar-refractivity contribution is 1.21. The Morgan fingerprint density at radius 1 is 0.640 bits per heavy atom. The second kappa shape index (κ2) is 7.89. The van der Waals surface area contributed by atoms with Crippen LogP contribution in [0.4, 0.5) is 11.4 Å². The van der Waals surface area contributed by atoms with Crippen molar-refractivity contribution in [1.82, 2.24) is 0 Å². The van der Waals surface area contributed by atoms with Crippen molar-refractivity contribution in [3.8, 4) is 22.3 Å². The number of nitrogens with one attached hydrogen (secondary N) is 2. The standard InChI is InChI=1S/C23H25N2/c1-4-24-21-15-8-6-12-18(21)19-14-10-11-17(3)23(19)20-13-7-9-16-22(20)25-5-2/h6-16,24-25H,3-5H2,1-2H3. The molecular formula is C23H25N2. The summed E-state index contributed by atoms with van der Waals surface area (Å²) in [7, 11) is 0. The summed E-state index contributed by atoms with van der Waals surface area (Å²) in [5.74, 6) is 0. The minimum Gasteiger partial charge on any atom is -0.385 e. The second-order valence-electron chi connectivity index (χ2n) is 5.99. The van der Waals surface area contributed by atoms with Crippen LogP contribution in [0.25, 0.3) is 22.3 Å². The van der Waals surface area contributed by atoms with E-state index < -0.39 is 0 Å². The van der Waals surface area contributed by atoms with Gasteiger partial charge < -0.3 is 10.6 Å². The highest BCUT2D eigenvalue weighted by Crippen LogP contribution is 2.40. The molecule has 0 aromatic heterocycles. The number of benzene rings is 3. The molecule has 2 nitrogen and oxygen atoms in total. The zero-order chi connectivity index (χ0) is 17.6. The lowest BCUT2D eigenvalue weighted by atomic mass is 9.89. The Balaban J connectivity index is 2.24. The van der Waals surface area contributed by atoms with Gasteiger partial charge in [-0.3, -0.25) is 0 Å². The molecule has 127 valence electrons. The maximum atomic E-state index is 4.31. The zero-order valence-electron chi connectivity index (χ0n) is 15.0. The quantitative estimate of drug-likeness (QED) is 0.574. The highest BCUT2D eigenvalue weighted by atomic mass is 14.9. The maximum Gasteiger partial charge on any atom is 0.0420 e. The van der Waals surface area contributed by atoms with Gasteiger partial charge in [-0.25, -0.2) is 0 Å². The highest BCUT2D eigenvalue weighted by molar-refractivity contribution is 5.94. The average molecular weight is 329 g/mol. The lowest BCUT2D eigenvalue weighted by Gasteiger charge is -2.19. The Hall–Kier alpha value is -2.74. The minimum atomic E-state index is 0.889. The van der Waals surface area contributed by atoms with E-state index in [0.717, 1.165) is 30.0 Å². The first-order valence-electron chi connectivity index (χ1n) is 8.87. The van der Waals surface area contributed by atoms with E-state index in [1.165, 1.54) is 22.3 Å². The molecule has 2 heteroatoms. The minimum absolute atomic E-state index is 0.889. The van der Waals surface area contributed by atoms with Crippen LogP contribution in [0.15, 0.2) is 66.7 Å². The molecule has 2 N–H and O–H groups in total. The van der Waals surface area contributed by atoms with Gasteiger partial charge in [-0.15, -0.1) is 0 Å². The van der Waals surface area contributed by atoms with Gasteiger partial charge in [-0.1, -0.05) is 54.6 Å². The summed E-state index contributed by atoms with van der Waals surface area (Å²) in [4.78, 5) is 0. The molecule has 0 unspecified atom stereocenters. The Morgan fingerprint density at radius 2 is 1.16 bits per heavy atom. The van der Waals surface area contributed by atoms with Gasteiger partial charge in [-0.2, -0.15) is 0 Å². The normalized spacial score (nSPS) is 10.5. The number of hydrogen-bond donors (Lipinski definition) is 2. The summed E-state index contributed by atoms with van der Waals surface area (Å²) >= 11 is 0. The molecule has 3 rings (SSSR count). The Morgan fingerprint density at radius 3 is 1.80 bits per heavy atom. The van der Waals surface area contributed by atoms with Crippen LogP contribution in [0.3, 0.4) is 0 Å². The van der Waals surface area contributed by atoms with E-state index in [0.29, 0.717) is 0 Å². The topological polar surface area (TPSA) is 24.1 Å². The first-order valence-corrected chi connectivity index (χ1v) is 8.87. The van der Waals surface area contributed by atoms with Crippen molar-refractivity contribution in [2.24, 2.45) is 0 Å². The molecule has 0 amide bonds. The molecule has 0 saturated heterocycles. The molecular weight excluding hydrogens is 304 g/mol. The number of hydrogen-bond acceptors (Lipinski definition) is 2. The molecule has 0 atom stereocenters. The van der Waals surface area contributed by atoms with E-state index in [-0.39, 0.29) is 0 Å². The molecule has 0 aliphatic heterocycles. The number of rotatable bonds is 6. The Bertz CT molecular complexity index is 852. The van der Waals surface area contributed by atoms with E-state index >= 15 is 0 Å². The largest absolute Gasteiger partial charge is 0.385 e. The summed E-state index contributed by atoms with van der Waals surface area (Å²) in [5.41, 5.74) is 8.11. The van der Waals surface area contributed by atoms with Crippen molar-refractivity contribution in [3.05, 3.63) is 79.2 Å². The predicted molar refractivity (Wildman–Crippen MR) is 110 cm³/mol. The van der Waals surface area contributed by atoms with Gasteiger partial charge in [0.05, 0.1) is 0 Å². The second-order valence-corrected chi connectivity index (χ2v) is 5.99. The molecule has 0 aliphatic rings. The molecule has 0 aliphatic carbocycles. The predicted octanol–water partition coefficient (Wildman–Crippen LogP) is 6.07. The fourth-order valence-electron chi connectivity index (χ4n) is 3.25. The van der Waals surface area contributed by atoms with E-state index in [1.807, 2.05) is 0 Å². The van der Waals surface area contributed by atoms with Gasteiger partial charge in [0.15, 0.2) is 0 Å². The van der Waals surface area contributed by atoms with E-state index in [4.69, 9.17) is 0 Å². The molecule has 0 heterocycles. The first kappa shape index (κ1) is 17.1. The third kappa shape index (κ3) is 3.53. The van der Waals surface area contributed by atoms with Crippen molar-refractivity contribution in [2.75, 3.05) is 23.7 Å². The molecule has 0 spiro atoms. The fraction of sp³-hybridized carbons (Fsp3) is 0.174. The van der Waals surface area contributed by atoms with Gasteiger partial charge in [0.25, 0.3) is 0 Å². The molecule has 3 aromatic rings. The maximum absolute atomic E-state index is 4.31. The van der Waals surface area contributed by atoms with Crippen LogP contribution in [-0.2, 0) is 0 Å². The van der Waals surface area contributed by atoms with E-state index in [1.54, 1.807) is 0 Å². The molecule has 1 radical (unpaired) electrons. The van der Waals surface area contributed by atoms with Crippen molar-refractivity contribution in [3.63, 3.8) is 0 Å². The molecule has 0 fully saturated rings. The first-order chi connectivity index (χ1) is 12.3. The van der Waals surface area contributed by atoms with Gasteiger partial charge in [0.1, 0.15) is 0 Å². The molecule has 3 aromatic carbocycles. The summed E-state index contributed by atoms with van der Waals surface area (Å²) < 4.78 is 0. The van der Waals surface area contributed by atoms with Crippen molar-refractivity contribution in [1.29, 1.82) is 0 Å². The van der Waals surface area contributed by atoms with Gasteiger partial charge in [-0.05, 0) is 49.6 Å². The third-order valence-electron chi connectivity index (χ3n) is 4.30. The Kier molecular flexibility index (Phi) is 5.39. The molecule has 0 saturated carbocycles. The molecule has 0 bridgehead atoms. The van der Waals surface area contributed by atoms with Gasteiger partial charge >= 0.3 is 0 Å². The third-order valence-corrected chi connectivity index (χ3v) is 4.30. The summed E-state index contributed by atoms with van der Waals surface area (Å²) in [5, 5.41) is 6.95. The Labute approximate surface area is 150 Å². The van der Waals surface area contributed by atoms with Gasteiger partial charge in [0.2, 0.25) is 0 Å². The van der Waals surface area contributed by atoms with Crippen LogP contribution < -0.4 is 10.6 Å². The molecule has 25 heavy (non-hydrogen) atoms. The summed E-state index contributed by atoms with van der Waals surface area (Å²) in [6.07, 6.45) is 0. The lowest BCUT2D eigenvalue weighted by Crippen LogP contribution is -2.01. The van der Waals surface area contributed by atoms with E-state index in [9.17, 15) is 0 Å². The average Bonchev–Trinajstić information content (AvgIpc) is 2.63. The summed E-state index contributed by atoms with van der Waals surface area (Å²) in [6, 6.07) is 23.3. The van der Waals surface area contributed by atoms with Crippen LogP contribution in [0.2, 0.25) is 0 Å². The van der Waals surface area contributed by atoms with Crippen LogP contribution in [0.1, 0.15) is 19.4 Å². The number of anilines is 2. The monoisotopic (exact) mass is 329 g/mol. The smallest absolute Gasteiger partial charge is 0.0420 e. The van der Waals surface area contributed by atoms with Crippen molar-refractivity contribution >= 4 is 11.4 Å². The highest BCUT2D eigenvalue weighted by Gasteiger charge is 2.15. The van der Waals surface area contributed by atoms with Crippen LogP contribution >= 0.6 is 0 Å². The SMILES string of the molecule is [CH2]c1cccc(-c2ccccc2NCC)c1-c1ccccc1NCC. The van der Waals surface area contributed by atoms with Gasteiger partial charge in [0, 0.05) is 35.6 Å². The van der Waals surface area contributed by atoms with Crippen LogP contribution in [0.5, 0.6) is 0 Å². The van der Waals surface area contributed by atoms with Crippen LogP contribution in [0, 0.1) is 6.92 Å². The number of para-hydroxylation sites is 2. The summed E-state index contributed by atoms with van der Waals surface area (Å²) in [6.45, 7) is 10.3. The van der Waals surface area contributed by atoms with E-state index in [2.05, 4.69) is 98.1 Å². The van der Waals surface area contributed by atoms with Crippen LogP contribution in [-0.4, -0.2) is 13.1 Å². The zero-order valence-corrected chi connectivity index (χ0v) is 15.0. The van der Waals surface area contributed by atoms with Crippen molar-refractivity contribution < 1.29 is 0 Å².